The van der Waals surface area contributed by atoms with Crippen LogP contribution in [0.15, 0.2) is 47.4 Å². The average molecular weight is 301 g/mol. The molecule has 2 aromatic rings. The minimum absolute atomic E-state index is 0.103. The molecule has 0 aliphatic heterocycles. The first-order valence-electron chi connectivity index (χ1n) is 7.20. The zero-order chi connectivity index (χ0) is 15.4. The van der Waals surface area contributed by atoms with Crippen LogP contribution in [0.4, 0.5) is 0 Å². The molecule has 21 heavy (non-hydrogen) atoms. The van der Waals surface area contributed by atoms with Gasteiger partial charge in [-0.25, -0.2) is 0 Å². The summed E-state index contributed by atoms with van der Waals surface area (Å²) in [7, 11) is 0.918. The van der Waals surface area contributed by atoms with Crippen LogP contribution < -0.4 is 5.32 Å². The SMILES string of the molecule is CNC(CS(=O)c1cc(C)ccc1C)c1ccc(C)cc1. The second-order valence-corrected chi connectivity index (χ2v) is 7.00. The highest BCUT2D eigenvalue weighted by molar-refractivity contribution is 7.85. The molecule has 2 atom stereocenters. The van der Waals surface area contributed by atoms with Crippen molar-refractivity contribution in [2.24, 2.45) is 0 Å². The third-order valence-electron chi connectivity index (χ3n) is 3.74. The topological polar surface area (TPSA) is 29.1 Å². The van der Waals surface area contributed by atoms with Gasteiger partial charge in [-0.05, 0) is 50.6 Å². The highest BCUT2D eigenvalue weighted by Crippen LogP contribution is 2.21. The molecule has 3 heteroatoms. The Labute approximate surface area is 130 Å². The molecule has 2 nitrogen and oxygen atoms in total. The molecule has 0 aliphatic rings. The Kier molecular flexibility index (Phi) is 5.32. The first-order chi connectivity index (χ1) is 10.0. The molecule has 112 valence electrons. The minimum atomic E-state index is -1.00. The van der Waals surface area contributed by atoms with Gasteiger partial charge in [0, 0.05) is 16.7 Å². The van der Waals surface area contributed by atoms with Crippen molar-refractivity contribution in [2.45, 2.75) is 31.7 Å². The van der Waals surface area contributed by atoms with Crippen molar-refractivity contribution in [1.29, 1.82) is 0 Å². The summed E-state index contributed by atoms with van der Waals surface area (Å²) >= 11 is 0. The van der Waals surface area contributed by atoms with Gasteiger partial charge in [0.15, 0.2) is 0 Å². The van der Waals surface area contributed by atoms with E-state index in [2.05, 4.69) is 42.6 Å². The number of hydrogen-bond donors (Lipinski definition) is 1. The van der Waals surface area contributed by atoms with E-state index in [1.54, 1.807) is 0 Å². The van der Waals surface area contributed by atoms with Crippen LogP contribution in [-0.4, -0.2) is 17.0 Å². The second-order valence-electron chi connectivity index (χ2n) is 5.53. The van der Waals surface area contributed by atoms with Crippen LogP contribution >= 0.6 is 0 Å². The molecule has 2 rings (SSSR count). The number of hydrogen-bond acceptors (Lipinski definition) is 2. The summed E-state index contributed by atoms with van der Waals surface area (Å²) in [5.74, 6) is 0.587. The fourth-order valence-electron chi connectivity index (χ4n) is 2.34. The van der Waals surface area contributed by atoms with Crippen LogP contribution in [0.5, 0.6) is 0 Å². The molecular formula is C18H23NOS. The van der Waals surface area contributed by atoms with Crippen molar-refractivity contribution < 1.29 is 4.21 Å². The van der Waals surface area contributed by atoms with Gasteiger partial charge < -0.3 is 5.32 Å². The number of rotatable bonds is 5. The maximum atomic E-state index is 12.7. The summed E-state index contributed by atoms with van der Waals surface area (Å²) in [4.78, 5) is 0.947. The van der Waals surface area contributed by atoms with Crippen LogP contribution in [0.25, 0.3) is 0 Å². The van der Waals surface area contributed by atoms with Gasteiger partial charge in [0.25, 0.3) is 0 Å². The molecule has 0 aliphatic carbocycles. The molecule has 0 radical (unpaired) electrons. The average Bonchev–Trinajstić information content (AvgIpc) is 2.48. The van der Waals surface area contributed by atoms with Crippen molar-refractivity contribution in [1.82, 2.24) is 5.32 Å². The maximum Gasteiger partial charge on any atom is 0.0551 e. The van der Waals surface area contributed by atoms with Crippen LogP contribution in [0.1, 0.15) is 28.3 Å². The largest absolute Gasteiger partial charge is 0.312 e. The Morgan fingerprint density at radius 1 is 1.00 bits per heavy atom. The summed E-state index contributed by atoms with van der Waals surface area (Å²) in [6.07, 6.45) is 0. The van der Waals surface area contributed by atoms with Gasteiger partial charge in [-0.15, -0.1) is 0 Å². The van der Waals surface area contributed by atoms with Crippen LogP contribution in [-0.2, 0) is 10.8 Å². The molecule has 0 amide bonds. The van der Waals surface area contributed by atoms with Crippen LogP contribution in [0, 0.1) is 20.8 Å². The van der Waals surface area contributed by atoms with Gasteiger partial charge in [-0.3, -0.25) is 4.21 Å². The van der Waals surface area contributed by atoms with Gasteiger partial charge in [-0.1, -0.05) is 42.0 Å². The van der Waals surface area contributed by atoms with E-state index in [4.69, 9.17) is 0 Å². The lowest BCUT2D eigenvalue weighted by molar-refractivity contribution is 0.635. The van der Waals surface area contributed by atoms with E-state index < -0.39 is 10.8 Å². The Balaban J connectivity index is 2.20. The Bertz CT molecular complexity index is 634. The third kappa shape index (κ3) is 4.02. The first kappa shape index (κ1) is 15.9. The fraction of sp³-hybridized carbons (Fsp3) is 0.333. The van der Waals surface area contributed by atoms with E-state index in [0.29, 0.717) is 5.75 Å². The number of nitrogens with one attached hydrogen (secondary N) is 1. The molecule has 2 unspecified atom stereocenters. The molecule has 2 aromatic carbocycles. The number of benzene rings is 2. The summed E-state index contributed by atoms with van der Waals surface area (Å²) < 4.78 is 12.7. The third-order valence-corrected chi connectivity index (χ3v) is 5.30. The van der Waals surface area contributed by atoms with E-state index in [0.717, 1.165) is 16.0 Å². The molecule has 0 saturated heterocycles. The number of aryl methyl sites for hydroxylation is 3. The lowest BCUT2D eigenvalue weighted by Gasteiger charge is -2.17. The summed E-state index contributed by atoms with van der Waals surface area (Å²) in [6.45, 7) is 6.13. The highest BCUT2D eigenvalue weighted by Gasteiger charge is 2.16. The standard InChI is InChI=1S/C18H23NOS/c1-13-6-9-16(10-7-13)17(19-4)12-21(20)18-11-14(2)5-8-15(18)3/h5-11,17,19H,12H2,1-4H3. The zero-order valence-electron chi connectivity index (χ0n) is 13.1. The normalized spacial score (nSPS) is 13.9. The van der Waals surface area contributed by atoms with Crippen molar-refractivity contribution in [3.63, 3.8) is 0 Å². The van der Waals surface area contributed by atoms with Gasteiger partial charge in [0.2, 0.25) is 0 Å². The van der Waals surface area contributed by atoms with Gasteiger partial charge in [0.05, 0.1) is 10.8 Å². The maximum absolute atomic E-state index is 12.7. The van der Waals surface area contributed by atoms with Crippen LogP contribution in [0.3, 0.4) is 0 Å². The smallest absolute Gasteiger partial charge is 0.0551 e. The first-order valence-corrected chi connectivity index (χ1v) is 8.52. The molecular weight excluding hydrogens is 278 g/mol. The van der Waals surface area contributed by atoms with E-state index in [-0.39, 0.29) is 6.04 Å². The second kappa shape index (κ2) is 7.01. The van der Waals surface area contributed by atoms with Crippen molar-refractivity contribution in [2.75, 3.05) is 12.8 Å². The molecule has 0 saturated carbocycles. The Morgan fingerprint density at radius 3 is 2.24 bits per heavy atom. The fourth-order valence-corrected chi connectivity index (χ4v) is 3.92. The summed E-state index contributed by atoms with van der Waals surface area (Å²) in [5, 5.41) is 3.28. The molecule has 0 aromatic heterocycles. The predicted octanol–water partition coefficient (Wildman–Crippen LogP) is 3.68. The van der Waals surface area contributed by atoms with Crippen LogP contribution in [0.2, 0.25) is 0 Å². The van der Waals surface area contributed by atoms with Crippen molar-refractivity contribution in [3.05, 3.63) is 64.7 Å². The molecule has 1 N–H and O–H groups in total. The molecule has 0 heterocycles. The van der Waals surface area contributed by atoms with Gasteiger partial charge in [-0.2, -0.15) is 0 Å². The summed E-state index contributed by atoms with van der Waals surface area (Å²) in [6, 6.07) is 14.7. The van der Waals surface area contributed by atoms with E-state index in [9.17, 15) is 4.21 Å². The Hall–Kier alpha value is -1.45. The molecule has 0 fully saturated rings. The zero-order valence-corrected chi connectivity index (χ0v) is 14.0. The van der Waals surface area contributed by atoms with Crippen molar-refractivity contribution in [3.8, 4) is 0 Å². The minimum Gasteiger partial charge on any atom is -0.312 e. The highest BCUT2D eigenvalue weighted by atomic mass is 32.2. The van der Waals surface area contributed by atoms with E-state index >= 15 is 0 Å². The lowest BCUT2D eigenvalue weighted by atomic mass is 10.1. The summed E-state index contributed by atoms with van der Waals surface area (Å²) in [5.41, 5.74) is 4.67. The Morgan fingerprint density at radius 2 is 1.62 bits per heavy atom. The van der Waals surface area contributed by atoms with Crippen molar-refractivity contribution >= 4 is 10.8 Å². The quantitative estimate of drug-likeness (QED) is 0.913. The van der Waals surface area contributed by atoms with E-state index in [1.165, 1.54) is 11.1 Å². The van der Waals surface area contributed by atoms with E-state index in [1.807, 2.05) is 33.0 Å². The van der Waals surface area contributed by atoms with Gasteiger partial charge >= 0.3 is 0 Å². The molecule has 0 bridgehead atoms. The monoisotopic (exact) mass is 301 g/mol. The van der Waals surface area contributed by atoms with Gasteiger partial charge in [0.1, 0.15) is 0 Å². The molecule has 0 spiro atoms. The lowest BCUT2D eigenvalue weighted by Crippen LogP contribution is -2.23. The predicted molar refractivity (Wildman–Crippen MR) is 90.2 cm³/mol.